The molecule has 1 aromatic carbocycles. The normalized spacial score (nSPS) is 12.2. The molecule has 0 unspecified atom stereocenters. The molecule has 1 amide bonds. The monoisotopic (exact) mass is 537 g/mol. The summed E-state index contributed by atoms with van der Waals surface area (Å²) in [6.07, 6.45) is 2.66. The molecule has 6 rings (SSSR count). The summed E-state index contributed by atoms with van der Waals surface area (Å²) in [5.74, 6) is -0.884. The van der Waals surface area contributed by atoms with E-state index >= 15 is 4.39 Å². The standard InChI is InChI=1S/C25H19F4N9O/c1-13-31-9-21-22(30)34-19-7-18(26)16(6-20(19)38(13)21)24(39)37(15-8-32-35(2)12-15)11-14-10-36-5-3-4-17(23(36)33-14)25(27,28)29/h3-10,12H,11H2,1-2H3,(H2,30,34). The van der Waals surface area contributed by atoms with Crippen LogP contribution in [0.2, 0.25) is 0 Å². The maximum absolute atomic E-state index is 15.4. The van der Waals surface area contributed by atoms with Gasteiger partial charge in [-0.2, -0.15) is 18.3 Å². The number of carbonyl (C=O) groups excluding carboxylic acids is 1. The molecular weight excluding hydrogens is 518 g/mol. The Hall–Kier alpha value is -5.01. The first kappa shape index (κ1) is 24.3. The number of anilines is 2. The number of rotatable bonds is 4. The van der Waals surface area contributed by atoms with Crippen LogP contribution in [0.5, 0.6) is 0 Å². The fourth-order valence-electron chi connectivity index (χ4n) is 4.60. The molecule has 0 spiro atoms. The topological polar surface area (TPSA) is 112 Å². The highest BCUT2D eigenvalue weighted by Crippen LogP contribution is 2.32. The van der Waals surface area contributed by atoms with E-state index in [1.807, 2.05) is 0 Å². The lowest BCUT2D eigenvalue weighted by molar-refractivity contribution is -0.136. The van der Waals surface area contributed by atoms with Crippen LogP contribution in [-0.4, -0.2) is 39.4 Å². The van der Waals surface area contributed by atoms with Crippen molar-refractivity contribution in [1.29, 1.82) is 0 Å². The van der Waals surface area contributed by atoms with Crippen LogP contribution in [0, 0.1) is 12.7 Å². The van der Waals surface area contributed by atoms with E-state index in [-0.39, 0.29) is 34.8 Å². The summed E-state index contributed by atoms with van der Waals surface area (Å²) in [5.41, 5.74) is 6.09. The molecule has 10 nitrogen and oxygen atoms in total. The van der Waals surface area contributed by atoms with Crippen LogP contribution in [0.15, 0.2) is 55.2 Å². The SMILES string of the molecule is Cc1ncc2c(N)nc3cc(F)c(C(=O)N(Cc4cn5cccc(C(F)(F)F)c5n4)c4cnn(C)c4)cc3n12. The van der Waals surface area contributed by atoms with E-state index in [9.17, 15) is 18.0 Å². The number of fused-ring (bicyclic) bond motifs is 4. The number of benzene rings is 1. The summed E-state index contributed by atoms with van der Waals surface area (Å²) in [6, 6.07) is 4.66. The van der Waals surface area contributed by atoms with Gasteiger partial charge in [-0.05, 0) is 25.1 Å². The molecule has 6 aromatic rings. The highest BCUT2D eigenvalue weighted by atomic mass is 19.4. The van der Waals surface area contributed by atoms with Gasteiger partial charge in [-0.1, -0.05) is 0 Å². The Bertz CT molecular complexity index is 1920. The second-order valence-electron chi connectivity index (χ2n) is 8.99. The molecule has 0 bridgehead atoms. The first-order valence-corrected chi connectivity index (χ1v) is 11.6. The van der Waals surface area contributed by atoms with Crippen LogP contribution in [0.3, 0.4) is 0 Å². The van der Waals surface area contributed by atoms with Gasteiger partial charge in [0.05, 0.1) is 52.5 Å². The predicted molar refractivity (Wildman–Crippen MR) is 134 cm³/mol. The Morgan fingerprint density at radius 2 is 1.92 bits per heavy atom. The van der Waals surface area contributed by atoms with Crippen molar-refractivity contribution in [2.75, 3.05) is 10.6 Å². The van der Waals surface area contributed by atoms with Gasteiger partial charge in [-0.3, -0.25) is 18.8 Å². The summed E-state index contributed by atoms with van der Waals surface area (Å²) < 4.78 is 60.3. The molecule has 0 fully saturated rings. The first-order chi connectivity index (χ1) is 18.5. The third kappa shape index (κ3) is 4.00. The average molecular weight is 537 g/mol. The Morgan fingerprint density at radius 3 is 2.64 bits per heavy atom. The molecule has 0 atom stereocenters. The van der Waals surface area contributed by atoms with E-state index < -0.39 is 23.5 Å². The Labute approximate surface area is 216 Å². The number of hydrogen-bond donors (Lipinski definition) is 1. The first-order valence-electron chi connectivity index (χ1n) is 11.6. The zero-order valence-electron chi connectivity index (χ0n) is 20.5. The maximum Gasteiger partial charge on any atom is 0.419 e. The van der Waals surface area contributed by atoms with Gasteiger partial charge in [0.2, 0.25) is 0 Å². The third-order valence-corrected chi connectivity index (χ3v) is 6.38. The van der Waals surface area contributed by atoms with Crippen molar-refractivity contribution in [2.24, 2.45) is 7.05 Å². The Kier molecular flexibility index (Phi) is 5.31. The number of nitrogen functional groups attached to an aromatic ring is 1. The number of nitrogens with zero attached hydrogens (tertiary/aromatic N) is 8. The van der Waals surface area contributed by atoms with E-state index in [2.05, 4.69) is 20.1 Å². The largest absolute Gasteiger partial charge is 0.419 e. The van der Waals surface area contributed by atoms with Gasteiger partial charge in [0, 0.05) is 31.7 Å². The lowest BCUT2D eigenvalue weighted by Crippen LogP contribution is -2.31. The Balaban J connectivity index is 1.48. The molecule has 198 valence electrons. The predicted octanol–water partition coefficient (Wildman–Crippen LogP) is 4.16. The fourth-order valence-corrected chi connectivity index (χ4v) is 4.60. The average Bonchev–Trinajstić information content (AvgIpc) is 3.59. The lowest BCUT2D eigenvalue weighted by atomic mass is 10.1. The molecule has 39 heavy (non-hydrogen) atoms. The minimum atomic E-state index is -4.62. The van der Waals surface area contributed by atoms with Crippen molar-refractivity contribution in [3.05, 3.63) is 83.7 Å². The highest BCUT2D eigenvalue weighted by molar-refractivity contribution is 6.08. The number of carbonyl (C=O) groups is 1. The zero-order valence-corrected chi connectivity index (χ0v) is 20.5. The molecule has 5 heterocycles. The molecule has 0 aliphatic rings. The summed E-state index contributed by atoms with van der Waals surface area (Å²) in [5, 5.41) is 4.09. The number of imidazole rings is 2. The van der Waals surface area contributed by atoms with E-state index in [1.54, 1.807) is 18.4 Å². The summed E-state index contributed by atoms with van der Waals surface area (Å²) in [7, 11) is 1.64. The van der Waals surface area contributed by atoms with E-state index in [1.165, 1.54) is 57.1 Å². The summed E-state index contributed by atoms with van der Waals surface area (Å²) in [6.45, 7) is 1.48. The fraction of sp³-hybridized carbons (Fsp3) is 0.160. The second-order valence-corrected chi connectivity index (χ2v) is 8.99. The smallest absolute Gasteiger partial charge is 0.382 e. The van der Waals surface area contributed by atoms with Gasteiger partial charge < -0.3 is 10.1 Å². The quantitative estimate of drug-likeness (QED) is 0.338. The van der Waals surface area contributed by atoms with Crippen molar-refractivity contribution in [2.45, 2.75) is 19.6 Å². The minimum absolute atomic E-state index is 0.156. The Morgan fingerprint density at radius 1 is 1.13 bits per heavy atom. The van der Waals surface area contributed by atoms with Gasteiger partial charge in [0.1, 0.15) is 28.6 Å². The summed E-state index contributed by atoms with van der Waals surface area (Å²) in [4.78, 5) is 27.7. The number of nitrogens with two attached hydrogens (primary N) is 1. The zero-order chi connectivity index (χ0) is 27.6. The van der Waals surface area contributed by atoms with Gasteiger partial charge in [-0.15, -0.1) is 0 Å². The van der Waals surface area contributed by atoms with Crippen LogP contribution >= 0.6 is 0 Å². The van der Waals surface area contributed by atoms with Gasteiger partial charge in [-0.25, -0.2) is 19.3 Å². The molecule has 2 N–H and O–H groups in total. The maximum atomic E-state index is 15.4. The van der Waals surface area contributed by atoms with Gasteiger partial charge in [0.15, 0.2) is 0 Å². The molecular formula is C25H19F4N9O. The second kappa shape index (κ2) is 8.51. The van der Waals surface area contributed by atoms with Gasteiger partial charge >= 0.3 is 6.18 Å². The van der Waals surface area contributed by atoms with Crippen molar-refractivity contribution in [3.8, 4) is 0 Å². The van der Waals surface area contributed by atoms with Crippen LogP contribution in [0.25, 0.3) is 22.2 Å². The molecule has 0 saturated carbocycles. The van der Waals surface area contributed by atoms with Crippen molar-refractivity contribution in [3.63, 3.8) is 0 Å². The number of aromatic nitrogens is 7. The van der Waals surface area contributed by atoms with Crippen LogP contribution in [0.1, 0.15) is 27.4 Å². The van der Waals surface area contributed by atoms with Crippen molar-refractivity contribution >= 4 is 39.6 Å². The van der Waals surface area contributed by atoms with Crippen LogP contribution in [0.4, 0.5) is 29.1 Å². The van der Waals surface area contributed by atoms with Crippen LogP contribution in [-0.2, 0) is 19.8 Å². The third-order valence-electron chi connectivity index (χ3n) is 6.38. The lowest BCUT2D eigenvalue weighted by Gasteiger charge is -2.21. The number of halogens is 4. The van der Waals surface area contributed by atoms with Gasteiger partial charge in [0.25, 0.3) is 5.91 Å². The van der Waals surface area contributed by atoms with Crippen molar-refractivity contribution < 1.29 is 22.4 Å². The molecule has 0 aliphatic heterocycles. The number of aryl methyl sites for hydroxylation is 2. The number of alkyl halides is 3. The summed E-state index contributed by atoms with van der Waals surface area (Å²) >= 11 is 0. The number of hydrogen-bond acceptors (Lipinski definition) is 6. The minimum Gasteiger partial charge on any atom is -0.382 e. The highest BCUT2D eigenvalue weighted by Gasteiger charge is 2.34. The number of amides is 1. The molecule has 0 aliphatic carbocycles. The van der Waals surface area contributed by atoms with Crippen molar-refractivity contribution in [1.82, 2.24) is 33.5 Å². The molecule has 0 saturated heterocycles. The van der Waals surface area contributed by atoms with E-state index in [0.29, 0.717) is 22.5 Å². The molecule has 14 heteroatoms. The van der Waals surface area contributed by atoms with E-state index in [4.69, 9.17) is 5.73 Å². The van der Waals surface area contributed by atoms with E-state index in [0.717, 1.165) is 12.1 Å². The molecule has 0 radical (unpaired) electrons. The number of pyridine rings is 1. The van der Waals surface area contributed by atoms with Crippen LogP contribution < -0.4 is 10.6 Å². The molecule has 5 aromatic heterocycles.